The summed E-state index contributed by atoms with van der Waals surface area (Å²) < 4.78 is 0. The van der Waals surface area contributed by atoms with Crippen LogP contribution in [0.1, 0.15) is 20.3 Å². The molecule has 0 spiro atoms. The minimum absolute atomic E-state index is 0.131. The largest absolute Gasteiger partial charge is 0.481 e. The van der Waals surface area contributed by atoms with Gasteiger partial charge in [0.15, 0.2) is 0 Å². The van der Waals surface area contributed by atoms with Crippen LogP contribution in [0.2, 0.25) is 0 Å². The minimum atomic E-state index is -0.737. The van der Waals surface area contributed by atoms with Crippen molar-refractivity contribution in [2.75, 3.05) is 0 Å². The van der Waals surface area contributed by atoms with E-state index < -0.39 is 10.8 Å². The van der Waals surface area contributed by atoms with Gasteiger partial charge in [-0.3, -0.25) is 4.79 Å². The molecule has 0 unspecified atom stereocenters. The van der Waals surface area contributed by atoms with E-state index in [4.69, 9.17) is 28.3 Å². The second kappa shape index (κ2) is 3.08. The molecule has 0 saturated heterocycles. The van der Waals surface area contributed by atoms with Gasteiger partial charge in [-0.2, -0.15) is 0 Å². The van der Waals surface area contributed by atoms with Gasteiger partial charge >= 0.3 is 5.97 Å². The van der Waals surface area contributed by atoms with Crippen molar-refractivity contribution >= 4 is 29.2 Å². The van der Waals surface area contributed by atoms with Gasteiger partial charge in [-0.05, 0) is 17.8 Å². The van der Waals surface area contributed by atoms with Crippen LogP contribution in [-0.2, 0) is 4.79 Å². The Morgan fingerprint density at radius 2 is 2.08 bits per heavy atom. The predicted molar refractivity (Wildman–Crippen MR) is 48.5 cm³/mol. The van der Waals surface area contributed by atoms with E-state index in [0.29, 0.717) is 6.42 Å². The standard InChI is InChI=1S/C8H12Cl2O2/c1-8(2)4(3-5(9)10)6(8)7(11)12/h4-6H,3H2,1-2H3,(H,11,12)/t4-,6-/m1/s1. The third kappa shape index (κ3) is 1.69. The van der Waals surface area contributed by atoms with Crippen LogP contribution < -0.4 is 0 Å². The molecule has 1 aliphatic rings. The summed E-state index contributed by atoms with van der Waals surface area (Å²) in [7, 11) is 0. The van der Waals surface area contributed by atoms with Gasteiger partial charge in [0.1, 0.15) is 4.84 Å². The molecule has 0 aliphatic heterocycles. The number of carbonyl (C=O) groups is 1. The molecule has 12 heavy (non-hydrogen) atoms. The highest BCUT2D eigenvalue weighted by Gasteiger charge is 2.61. The fourth-order valence-corrected chi connectivity index (χ4v) is 2.25. The van der Waals surface area contributed by atoms with Crippen molar-refractivity contribution < 1.29 is 9.90 Å². The normalized spacial score (nSPS) is 32.1. The Morgan fingerprint density at radius 1 is 1.58 bits per heavy atom. The first-order valence-electron chi connectivity index (χ1n) is 3.88. The first-order valence-corrected chi connectivity index (χ1v) is 4.75. The first-order chi connectivity index (χ1) is 5.37. The number of carboxylic acids is 1. The maximum absolute atomic E-state index is 10.7. The number of rotatable bonds is 3. The fourth-order valence-electron chi connectivity index (χ4n) is 1.87. The molecule has 0 bridgehead atoms. The van der Waals surface area contributed by atoms with Gasteiger partial charge < -0.3 is 5.11 Å². The molecule has 70 valence electrons. The van der Waals surface area contributed by atoms with E-state index in [1.165, 1.54) is 0 Å². The molecule has 0 amide bonds. The molecule has 0 radical (unpaired) electrons. The lowest BCUT2D eigenvalue weighted by Crippen LogP contribution is -2.03. The van der Waals surface area contributed by atoms with E-state index in [1.54, 1.807) is 0 Å². The van der Waals surface area contributed by atoms with Crippen molar-refractivity contribution in [1.82, 2.24) is 0 Å². The Hall–Kier alpha value is 0.0500. The molecule has 2 nitrogen and oxygen atoms in total. The molecule has 0 aromatic heterocycles. The van der Waals surface area contributed by atoms with Crippen LogP contribution in [0.15, 0.2) is 0 Å². The van der Waals surface area contributed by atoms with Crippen LogP contribution in [0.5, 0.6) is 0 Å². The molecule has 0 aromatic rings. The van der Waals surface area contributed by atoms with E-state index in [0.717, 1.165) is 0 Å². The Labute approximate surface area is 81.9 Å². The van der Waals surface area contributed by atoms with E-state index in [2.05, 4.69) is 0 Å². The lowest BCUT2D eigenvalue weighted by Gasteiger charge is -2.01. The smallest absolute Gasteiger partial charge is 0.307 e. The van der Waals surface area contributed by atoms with Crippen molar-refractivity contribution in [3.63, 3.8) is 0 Å². The van der Waals surface area contributed by atoms with E-state index >= 15 is 0 Å². The molecule has 1 saturated carbocycles. The number of halogens is 2. The second-order valence-electron chi connectivity index (χ2n) is 3.87. The van der Waals surface area contributed by atoms with Crippen LogP contribution in [-0.4, -0.2) is 15.9 Å². The van der Waals surface area contributed by atoms with E-state index in [9.17, 15) is 4.79 Å². The quantitative estimate of drug-likeness (QED) is 0.728. The summed E-state index contributed by atoms with van der Waals surface area (Å²) in [4.78, 5) is 10.2. The minimum Gasteiger partial charge on any atom is -0.481 e. The van der Waals surface area contributed by atoms with Crippen molar-refractivity contribution in [2.45, 2.75) is 25.1 Å². The third-order valence-electron chi connectivity index (χ3n) is 2.75. The summed E-state index contributed by atoms with van der Waals surface area (Å²) in [5, 5.41) is 8.79. The molecule has 1 rings (SSSR count). The summed E-state index contributed by atoms with van der Waals surface area (Å²) >= 11 is 11.2. The number of carboxylic acid groups (broad SMARTS) is 1. The van der Waals surface area contributed by atoms with Crippen molar-refractivity contribution in [3.05, 3.63) is 0 Å². The van der Waals surface area contributed by atoms with Crippen LogP contribution in [0.3, 0.4) is 0 Å². The number of alkyl halides is 2. The highest BCUT2D eigenvalue weighted by molar-refractivity contribution is 6.44. The fraction of sp³-hybridized carbons (Fsp3) is 0.875. The number of hydrogen-bond acceptors (Lipinski definition) is 1. The molecule has 1 aliphatic carbocycles. The van der Waals surface area contributed by atoms with Gasteiger partial charge in [0, 0.05) is 0 Å². The number of aliphatic carboxylic acids is 1. The zero-order chi connectivity index (χ0) is 9.52. The van der Waals surface area contributed by atoms with Crippen LogP contribution in [0, 0.1) is 17.3 Å². The summed E-state index contributed by atoms with van der Waals surface area (Å²) in [6.45, 7) is 3.87. The highest BCUT2D eigenvalue weighted by atomic mass is 35.5. The summed E-state index contributed by atoms with van der Waals surface area (Å²) in [5.41, 5.74) is -0.131. The average Bonchev–Trinajstić information content (AvgIpc) is 2.32. The SMILES string of the molecule is CC1(C)[C@H](CC(Cl)Cl)[C@@H]1C(=O)O. The lowest BCUT2D eigenvalue weighted by atomic mass is 10.1. The Bertz CT molecular complexity index is 201. The molecule has 2 atom stereocenters. The lowest BCUT2D eigenvalue weighted by molar-refractivity contribution is -0.139. The van der Waals surface area contributed by atoms with Crippen LogP contribution in [0.25, 0.3) is 0 Å². The molecule has 0 aromatic carbocycles. The summed E-state index contributed by atoms with van der Waals surface area (Å²) in [5.74, 6) is -0.869. The zero-order valence-corrected chi connectivity index (χ0v) is 8.56. The molecular weight excluding hydrogens is 199 g/mol. The maximum Gasteiger partial charge on any atom is 0.307 e. The highest BCUT2D eigenvalue weighted by Crippen LogP contribution is 2.60. The van der Waals surface area contributed by atoms with Crippen molar-refractivity contribution in [2.24, 2.45) is 17.3 Å². The second-order valence-corrected chi connectivity index (χ2v) is 5.15. The topological polar surface area (TPSA) is 37.3 Å². The average molecular weight is 211 g/mol. The molecule has 1 fully saturated rings. The molecule has 1 N–H and O–H groups in total. The van der Waals surface area contributed by atoms with Gasteiger partial charge in [0.2, 0.25) is 0 Å². The monoisotopic (exact) mass is 210 g/mol. The van der Waals surface area contributed by atoms with Crippen molar-refractivity contribution in [1.29, 1.82) is 0 Å². The van der Waals surface area contributed by atoms with Gasteiger partial charge in [0.25, 0.3) is 0 Å². The third-order valence-corrected chi connectivity index (χ3v) is 3.10. The molecule has 4 heteroatoms. The van der Waals surface area contributed by atoms with Crippen molar-refractivity contribution in [3.8, 4) is 0 Å². The predicted octanol–water partition coefficient (Wildman–Crippen LogP) is 2.54. The van der Waals surface area contributed by atoms with E-state index in [-0.39, 0.29) is 17.3 Å². The summed E-state index contributed by atoms with van der Waals surface area (Å²) in [6.07, 6.45) is 0.576. The van der Waals surface area contributed by atoms with Crippen LogP contribution in [0.4, 0.5) is 0 Å². The van der Waals surface area contributed by atoms with Gasteiger partial charge in [-0.15, -0.1) is 23.2 Å². The first kappa shape index (κ1) is 10.1. The zero-order valence-electron chi connectivity index (χ0n) is 7.05. The number of hydrogen-bond donors (Lipinski definition) is 1. The molecule has 0 heterocycles. The Kier molecular flexibility index (Phi) is 2.60. The van der Waals surface area contributed by atoms with Gasteiger partial charge in [-0.1, -0.05) is 13.8 Å². The Balaban J connectivity index is 2.54. The van der Waals surface area contributed by atoms with Gasteiger partial charge in [-0.25, -0.2) is 0 Å². The van der Waals surface area contributed by atoms with E-state index in [1.807, 2.05) is 13.8 Å². The Morgan fingerprint density at radius 3 is 2.33 bits per heavy atom. The van der Waals surface area contributed by atoms with Gasteiger partial charge in [0.05, 0.1) is 5.92 Å². The van der Waals surface area contributed by atoms with Crippen LogP contribution >= 0.6 is 23.2 Å². The molecular formula is C8H12Cl2O2. The maximum atomic E-state index is 10.7. The summed E-state index contributed by atoms with van der Waals surface area (Å²) in [6, 6.07) is 0.